The SMILES string of the molecule is C=CCN(CCN1CCOCC1)C(=O)C1N(CCO)C(=O)[C@@H]2[C@@H](C(=O)N(CC=C)Cc3ccccc3)[C@@H]3SC12CC3Br. The number of carbonyl (C=O) groups is 3. The van der Waals surface area contributed by atoms with Gasteiger partial charge in [0.1, 0.15) is 6.04 Å². The Labute approximate surface area is 261 Å². The molecule has 42 heavy (non-hydrogen) atoms. The summed E-state index contributed by atoms with van der Waals surface area (Å²) in [5, 5.41) is 9.85. The molecule has 3 unspecified atom stereocenters. The highest BCUT2D eigenvalue weighted by molar-refractivity contribution is 9.09. The van der Waals surface area contributed by atoms with Crippen LogP contribution in [0.2, 0.25) is 0 Å². The van der Waals surface area contributed by atoms with E-state index < -0.39 is 22.6 Å². The lowest BCUT2D eigenvalue weighted by molar-refractivity contribution is -0.145. The minimum atomic E-state index is -0.762. The van der Waals surface area contributed by atoms with Gasteiger partial charge in [0, 0.05) is 62.4 Å². The third kappa shape index (κ3) is 5.83. The standard InChI is InChI=1S/C31H41BrN4O5S/c1-3-10-34(13-12-33-15-18-41-19-16-33)30(40)27-31-20-23(32)26(42-31)24(25(31)29(39)36(27)14-17-37)28(38)35(11-4-2)21-22-8-6-5-7-9-22/h3-9,23-27,37H,1-2,10-21H2/t23?,24-,25+,26-,27?,31?/m1/s1. The van der Waals surface area contributed by atoms with Gasteiger partial charge in [0.25, 0.3) is 0 Å². The van der Waals surface area contributed by atoms with E-state index in [-0.39, 0.29) is 41.0 Å². The molecule has 3 amide bonds. The molecular weight excluding hydrogens is 620 g/mol. The van der Waals surface area contributed by atoms with Crippen LogP contribution in [0.5, 0.6) is 0 Å². The predicted molar refractivity (Wildman–Crippen MR) is 167 cm³/mol. The Morgan fingerprint density at radius 1 is 1.10 bits per heavy atom. The number of thioether (sulfide) groups is 1. The van der Waals surface area contributed by atoms with Crippen LogP contribution in [0.4, 0.5) is 0 Å². The third-order valence-electron chi connectivity index (χ3n) is 8.98. The number of benzene rings is 1. The molecule has 4 aliphatic heterocycles. The van der Waals surface area contributed by atoms with Crippen molar-refractivity contribution >= 4 is 45.4 Å². The summed E-state index contributed by atoms with van der Waals surface area (Å²) in [6.07, 6.45) is 4.03. The first-order valence-corrected chi connectivity index (χ1v) is 16.5. The normalized spacial score (nSPS) is 30.3. The van der Waals surface area contributed by atoms with Crippen molar-refractivity contribution in [3.8, 4) is 0 Å². The van der Waals surface area contributed by atoms with Gasteiger partial charge < -0.3 is 24.5 Å². The molecule has 4 fully saturated rings. The van der Waals surface area contributed by atoms with Gasteiger partial charge in [-0.3, -0.25) is 19.3 Å². The van der Waals surface area contributed by atoms with E-state index in [1.54, 1.807) is 38.6 Å². The largest absolute Gasteiger partial charge is 0.395 e. The molecule has 0 aromatic heterocycles. The van der Waals surface area contributed by atoms with Crippen molar-refractivity contribution in [3.05, 3.63) is 61.2 Å². The van der Waals surface area contributed by atoms with E-state index in [0.717, 1.165) is 18.7 Å². The summed E-state index contributed by atoms with van der Waals surface area (Å²) in [6, 6.07) is 9.03. The molecule has 5 rings (SSSR count). The molecule has 6 atom stereocenters. The summed E-state index contributed by atoms with van der Waals surface area (Å²) in [5.74, 6) is -1.65. The highest BCUT2D eigenvalue weighted by atomic mass is 79.9. The average molecular weight is 662 g/mol. The van der Waals surface area contributed by atoms with E-state index in [9.17, 15) is 19.5 Å². The molecule has 11 heteroatoms. The van der Waals surface area contributed by atoms with Crippen LogP contribution >= 0.6 is 27.7 Å². The maximum atomic E-state index is 14.4. The fourth-order valence-electron chi connectivity index (χ4n) is 7.15. The molecule has 228 valence electrons. The van der Waals surface area contributed by atoms with Crippen molar-refractivity contribution in [1.82, 2.24) is 19.6 Å². The van der Waals surface area contributed by atoms with Gasteiger partial charge in [0.05, 0.1) is 36.4 Å². The Bertz CT molecular complexity index is 1170. The smallest absolute Gasteiger partial charge is 0.247 e. The second kappa shape index (κ2) is 13.6. The zero-order valence-electron chi connectivity index (χ0n) is 24.0. The van der Waals surface area contributed by atoms with Gasteiger partial charge in [-0.1, -0.05) is 58.4 Å². The van der Waals surface area contributed by atoms with Crippen molar-refractivity contribution in [3.63, 3.8) is 0 Å². The van der Waals surface area contributed by atoms with Crippen LogP contribution in [0, 0.1) is 11.8 Å². The van der Waals surface area contributed by atoms with Gasteiger partial charge in [0.2, 0.25) is 17.7 Å². The number of aliphatic hydroxyl groups excluding tert-OH is 1. The van der Waals surface area contributed by atoms with Crippen LogP contribution in [-0.4, -0.2) is 129 Å². The van der Waals surface area contributed by atoms with E-state index in [1.807, 2.05) is 30.3 Å². The average Bonchev–Trinajstić information content (AvgIpc) is 3.59. The first-order chi connectivity index (χ1) is 20.4. The predicted octanol–water partition coefficient (Wildman–Crippen LogP) is 2.00. The number of halogens is 1. The first kappa shape index (κ1) is 31.3. The number of ether oxygens (including phenoxy) is 1. The molecular formula is C31H41BrN4O5S. The molecule has 1 N–H and O–H groups in total. The molecule has 4 heterocycles. The number of carbonyl (C=O) groups excluding carboxylic acids is 3. The van der Waals surface area contributed by atoms with Crippen molar-refractivity contribution in [2.45, 2.75) is 33.8 Å². The number of alkyl halides is 1. The zero-order valence-corrected chi connectivity index (χ0v) is 26.4. The van der Waals surface area contributed by atoms with Crippen molar-refractivity contribution in [2.75, 3.05) is 65.6 Å². The molecule has 1 spiro atoms. The molecule has 9 nitrogen and oxygen atoms in total. The number of fused-ring (bicyclic) bond motifs is 1. The molecule has 0 aliphatic carbocycles. The highest BCUT2D eigenvalue weighted by Gasteiger charge is 2.76. The lowest BCUT2D eigenvalue weighted by Crippen LogP contribution is -2.57. The van der Waals surface area contributed by atoms with Gasteiger partial charge in [0.15, 0.2) is 0 Å². The Morgan fingerprint density at radius 3 is 2.45 bits per heavy atom. The first-order valence-electron chi connectivity index (χ1n) is 14.7. The molecule has 4 saturated heterocycles. The summed E-state index contributed by atoms with van der Waals surface area (Å²) in [4.78, 5) is 50.3. The fraction of sp³-hybridized carbons (Fsp3) is 0.581. The number of hydrogen-bond acceptors (Lipinski definition) is 7. The number of aliphatic hydroxyl groups is 1. The van der Waals surface area contributed by atoms with E-state index in [4.69, 9.17) is 4.74 Å². The van der Waals surface area contributed by atoms with Crippen LogP contribution in [0.25, 0.3) is 0 Å². The number of morpholine rings is 1. The molecule has 1 aromatic carbocycles. The number of amides is 3. The van der Waals surface area contributed by atoms with Crippen LogP contribution in [0.1, 0.15) is 12.0 Å². The maximum Gasteiger partial charge on any atom is 0.247 e. The second-order valence-corrected chi connectivity index (χ2v) is 14.2. The van der Waals surface area contributed by atoms with Gasteiger partial charge in [-0.25, -0.2) is 0 Å². The quantitative estimate of drug-likeness (QED) is 0.256. The summed E-state index contributed by atoms with van der Waals surface area (Å²) in [7, 11) is 0. The maximum absolute atomic E-state index is 14.4. The number of rotatable bonds is 13. The minimum absolute atomic E-state index is 0.0200. The number of likely N-dealkylation sites (tertiary alicyclic amines) is 1. The van der Waals surface area contributed by atoms with Gasteiger partial charge >= 0.3 is 0 Å². The van der Waals surface area contributed by atoms with Crippen LogP contribution in [-0.2, 0) is 25.7 Å². The topological polar surface area (TPSA) is 93.6 Å². The molecule has 0 radical (unpaired) electrons. The number of hydrogen-bond donors (Lipinski definition) is 1. The van der Waals surface area contributed by atoms with Crippen molar-refractivity contribution in [2.24, 2.45) is 11.8 Å². The minimum Gasteiger partial charge on any atom is -0.395 e. The van der Waals surface area contributed by atoms with Crippen molar-refractivity contribution in [1.29, 1.82) is 0 Å². The monoisotopic (exact) mass is 660 g/mol. The summed E-state index contributed by atoms with van der Waals surface area (Å²) >= 11 is 5.47. The molecule has 1 aromatic rings. The molecule has 4 aliphatic rings. The highest BCUT2D eigenvalue weighted by Crippen LogP contribution is 2.68. The second-order valence-electron chi connectivity index (χ2n) is 11.4. The van der Waals surface area contributed by atoms with Gasteiger partial charge in [-0.05, 0) is 12.0 Å². The van der Waals surface area contributed by atoms with E-state index in [0.29, 0.717) is 52.4 Å². The Kier molecular flexibility index (Phi) is 10.1. The van der Waals surface area contributed by atoms with Crippen LogP contribution < -0.4 is 0 Å². The van der Waals surface area contributed by atoms with Gasteiger partial charge in [-0.15, -0.1) is 24.9 Å². The number of nitrogens with zero attached hydrogens (tertiary/aromatic N) is 4. The third-order valence-corrected chi connectivity index (χ3v) is 12.2. The van der Waals surface area contributed by atoms with Crippen molar-refractivity contribution < 1.29 is 24.2 Å². The summed E-state index contributed by atoms with van der Waals surface area (Å²) < 4.78 is 4.71. The number of β-amino-alcohol motifs (C(OH)–C–C–N with tert-alkyl or cyclic N) is 1. The zero-order chi connectivity index (χ0) is 29.9. The Balaban J connectivity index is 1.44. The lowest BCUT2D eigenvalue weighted by atomic mass is 9.70. The van der Waals surface area contributed by atoms with E-state index in [2.05, 4.69) is 34.0 Å². The summed E-state index contributed by atoms with van der Waals surface area (Å²) in [6.45, 7) is 12.9. The van der Waals surface area contributed by atoms with Crippen LogP contribution in [0.3, 0.4) is 0 Å². The van der Waals surface area contributed by atoms with Crippen LogP contribution in [0.15, 0.2) is 55.6 Å². The lowest BCUT2D eigenvalue weighted by Gasteiger charge is -2.39. The Morgan fingerprint density at radius 2 is 1.79 bits per heavy atom. The molecule has 0 saturated carbocycles. The Hall–Kier alpha value is -2.18. The van der Waals surface area contributed by atoms with Gasteiger partial charge in [-0.2, -0.15) is 0 Å². The summed E-state index contributed by atoms with van der Waals surface area (Å²) in [5.41, 5.74) is 1.00. The van der Waals surface area contributed by atoms with E-state index in [1.165, 1.54) is 0 Å². The van der Waals surface area contributed by atoms with E-state index >= 15 is 0 Å². The molecule has 2 bridgehead atoms. The fourth-order valence-corrected chi connectivity index (χ4v) is 10.7.